The van der Waals surface area contributed by atoms with Crippen LogP contribution in [0.2, 0.25) is 5.02 Å². The van der Waals surface area contributed by atoms with Crippen LogP contribution in [-0.4, -0.2) is 16.2 Å². The number of anilines is 1. The van der Waals surface area contributed by atoms with Crippen LogP contribution in [0, 0.1) is 0 Å². The number of halogens is 1. The van der Waals surface area contributed by atoms with Crippen molar-refractivity contribution < 1.29 is 9.59 Å². The van der Waals surface area contributed by atoms with Crippen molar-refractivity contribution in [1.82, 2.24) is 15.0 Å². The summed E-state index contributed by atoms with van der Waals surface area (Å²) >= 11 is 6.99. The van der Waals surface area contributed by atoms with Gasteiger partial charge in [-0.3, -0.25) is 9.59 Å². The lowest BCUT2D eigenvalue weighted by atomic mass is 10.1. The molecule has 1 atom stereocenters. The number of hydrogen-bond donors (Lipinski definition) is 3. The third-order valence-electron chi connectivity index (χ3n) is 4.19. The van der Waals surface area contributed by atoms with Gasteiger partial charge < -0.3 is 16.4 Å². The monoisotopic (exact) mass is 414 g/mol. The number of nitrogen functional groups attached to an aromatic ring is 1. The molecule has 0 aliphatic rings. The van der Waals surface area contributed by atoms with E-state index in [0.29, 0.717) is 5.02 Å². The molecule has 6 nitrogen and oxygen atoms in total. The highest BCUT2D eigenvalue weighted by atomic mass is 35.5. The molecule has 0 aliphatic heterocycles. The van der Waals surface area contributed by atoms with E-state index in [2.05, 4.69) is 15.0 Å². The normalized spacial score (nSPS) is 11.6. The molecule has 0 fully saturated rings. The first-order chi connectivity index (χ1) is 13.5. The van der Waals surface area contributed by atoms with E-state index < -0.39 is 5.91 Å². The zero-order chi connectivity index (χ0) is 20.1. The van der Waals surface area contributed by atoms with Gasteiger partial charge in [-0.05, 0) is 35.6 Å². The summed E-state index contributed by atoms with van der Waals surface area (Å²) in [6.45, 7) is 2.11. The first-order valence-electron chi connectivity index (χ1n) is 8.60. The van der Waals surface area contributed by atoms with Crippen LogP contribution in [0.3, 0.4) is 0 Å². The quantitative estimate of drug-likeness (QED) is 0.571. The second-order valence-electron chi connectivity index (χ2n) is 6.15. The maximum absolute atomic E-state index is 12.5. The fourth-order valence-electron chi connectivity index (χ4n) is 2.61. The van der Waals surface area contributed by atoms with Gasteiger partial charge in [0.15, 0.2) is 5.69 Å². The average Bonchev–Trinajstić information content (AvgIpc) is 3.09. The van der Waals surface area contributed by atoms with Crippen molar-refractivity contribution in [2.75, 3.05) is 5.73 Å². The Labute approximate surface area is 171 Å². The molecule has 0 saturated heterocycles. The van der Waals surface area contributed by atoms with Crippen LogP contribution >= 0.6 is 23.1 Å². The molecule has 3 rings (SSSR count). The zero-order valence-electron chi connectivity index (χ0n) is 15.1. The zero-order valence-corrected chi connectivity index (χ0v) is 16.7. The summed E-state index contributed by atoms with van der Waals surface area (Å²) in [7, 11) is 0. The molecule has 28 heavy (non-hydrogen) atoms. The molecule has 0 saturated carbocycles. The predicted molar refractivity (Wildman–Crippen MR) is 111 cm³/mol. The van der Waals surface area contributed by atoms with Crippen molar-refractivity contribution in [1.29, 1.82) is 0 Å². The number of carbonyl (C=O) groups excluding carboxylic acids is 2. The summed E-state index contributed by atoms with van der Waals surface area (Å²) < 4.78 is 4.06. The van der Waals surface area contributed by atoms with Gasteiger partial charge in [0.1, 0.15) is 4.88 Å². The standard InChI is InChI=1S/C20H19ClN4O2S/c1-12(13-7-3-2-4-8-13)24-20(27)18-16(22)17(25-28-18)19(26)23-11-14-9-5-6-10-15(14)21/h2-10,12H,11,22H2,1H3,(H,23,26)(H,24,27)/t12-/m0/s1. The Bertz CT molecular complexity index is 991. The molecular weight excluding hydrogens is 396 g/mol. The predicted octanol–water partition coefficient (Wildman–Crippen LogP) is 3.80. The molecule has 144 valence electrons. The first kappa shape index (κ1) is 19.9. The summed E-state index contributed by atoms with van der Waals surface area (Å²) in [5, 5.41) is 6.16. The summed E-state index contributed by atoms with van der Waals surface area (Å²) in [5.41, 5.74) is 7.87. The van der Waals surface area contributed by atoms with Crippen LogP contribution in [0.1, 0.15) is 44.3 Å². The summed E-state index contributed by atoms with van der Waals surface area (Å²) in [6.07, 6.45) is 0. The maximum Gasteiger partial charge on any atom is 0.273 e. The lowest BCUT2D eigenvalue weighted by Crippen LogP contribution is -2.27. The summed E-state index contributed by atoms with van der Waals surface area (Å²) in [5.74, 6) is -0.819. The van der Waals surface area contributed by atoms with Gasteiger partial charge in [-0.15, -0.1) is 0 Å². The molecule has 4 N–H and O–H groups in total. The van der Waals surface area contributed by atoms with E-state index >= 15 is 0 Å². The summed E-state index contributed by atoms with van der Waals surface area (Å²) in [6, 6.07) is 16.6. The van der Waals surface area contributed by atoms with Crippen molar-refractivity contribution in [3.8, 4) is 0 Å². The molecule has 1 aromatic heterocycles. The number of nitrogens with one attached hydrogen (secondary N) is 2. The van der Waals surface area contributed by atoms with Crippen molar-refractivity contribution in [3.05, 3.63) is 81.3 Å². The van der Waals surface area contributed by atoms with E-state index in [0.717, 1.165) is 22.7 Å². The number of carbonyl (C=O) groups is 2. The van der Waals surface area contributed by atoms with E-state index in [9.17, 15) is 9.59 Å². The van der Waals surface area contributed by atoms with Gasteiger partial charge in [-0.1, -0.05) is 60.1 Å². The lowest BCUT2D eigenvalue weighted by molar-refractivity contribution is 0.0942. The molecule has 1 heterocycles. The van der Waals surface area contributed by atoms with Gasteiger partial charge in [0, 0.05) is 11.6 Å². The SMILES string of the molecule is C[C@H](NC(=O)c1snc(C(=O)NCc2ccccc2Cl)c1N)c1ccccc1. The minimum absolute atomic E-state index is 0.0366. The molecule has 0 unspecified atom stereocenters. The third-order valence-corrected chi connectivity index (χ3v) is 5.42. The molecular formula is C20H19ClN4O2S. The highest BCUT2D eigenvalue weighted by molar-refractivity contribution is 7.09. The highest BCUT2D eigenvalue weighted by Crippen LogP contribution is 2.23. The van der Waals surface area contributed by atoms with Gasteiger partial charge >= 0.3 is 0 Å². The van der Waals surface area contributed by atoms with E-state index in [-0.39, 0.29) is 34.8 Å². The number of benzene rings is 2. The van der Waals surface area contributed by atoms with Crippen LogP contribution in [0.4, 0.5) is 5.69 Å². The Kier molecular flexibility index (Phi) is 6.28. The summed E-state index contributed by atoms with van der Waals surface area (Å²) in [4.78, 5) is 25.2. The second kappa shape index (κ2) is 8.86. The smallest absolute Gasteiger partial charge is 0.273 e. The Morgan fingerprint density at radius 2 is 1.79 bits per heavy atom. The van der Waals surface area contributed by atoms with Crippen LogP contribution in [0.15, 0.2) is 54.6 Å². The molecule has 3 aromatic rings. The Morgan fingerprint density at radius 3 is 2.50 bits per heavy atom. The van der Waals surface area contributed by atoms with Crippen LogP contribution in [0.5, 0.6) is 0 Å². The second-order valence-corrected chi connectivity index (χ2v) is 7.33. The molecule has 2 aromatic carbocycles. The fraction of sp³-hybridized carbons (Fsp3) is 0.150. The van der Waals surface area contributed by atoms with E-state index in [4.69, 9.17) is 17.3 Å². The lowest BCUT2D eigenvalue weighted by Gasteiger charge is -2.13. The number of nitrogens with zero attached hydrogens (tertiary/aromatic N) is 1. The van der Waals surface area contributed by atoms with Crippen molar-refractivity contribution in [2.45, 2.75) is 19.5 Å². The Morgan fingerprint density at radius 1 is 1.11 bits per heavy atom. The van der Waals surface area contributed by atoms with Crippen LogP contribution in [0.25, 0.3) is 0 Å². The molecule has 2 amide bonds. The number of aromatic nitrogens is 1. The van der Waals surface area contributed by atoms with Gasteiger partial charge in [0.25, 0.3) is 11.8 Å². The molecule has 0 spiro atoms. The van der Waals surface area contributed by atoms with Crippen molar-refractivity contribution in [2.24, 2.45) is 0 Å². The minimum Gasteiger partial charge on any atom is -0.395 e. The Hall–Kier alpha value is -2.90. The van der Waals surface area contributed by atoms with E-state index in [1.165, 1.54) is 0 Å². The van der Waals surface area contributed by atoms with Gasteiger partial charge in [-0.2, -0.15) is 4.37 Å². The first-order valence-corrected chi connectivity index (χ1v) is 9.75. The molecule has 0 radical (unpaired) electrons. The van der Waals surface area contributed by atoms with Crippen LogP contribution in [-0.2, 0) is 6.54 Å². The highest BCUT2D eigenvalue weighted by Gasteiger charge is 2.23. The topological polar surface area (TPSA) is 97.1 Å². The van der Waals surface area contributed by atoms with Gasteiger partial charge in [0.2, 0.25) is 0 Å². The minimum atomic E-state index is -0.455. The largest absolute Gasteiger partial charge is 0.395 e. The van der Waals surface area contributed by atoms with Gasteiger partial charge in [-0.25, -0.2) is 0 Å². The van der Waals surface area contributed by atoms with Crippen molar-refractivity contribution in [3.63, 3.8) is 0 Å². The number of nitrogens with two attached hydrogens (primary N) is 1. The number of hydrogen-bond acceptors (Lipinski definition) is 5. The third kappa shape index (κ3) is 4.49. The number of rotatable bonds is 6. The van der Waals surface area contributed by atoms with E-state index in [1.807, 2.05) is 55.5 Å². The molecule has 0 aliphatic carbocycles. The Balaban J connectivity index is 1.66. The fourth-order valence-corrected chi connectivity index (χ4v) is 3.52. The van der Waals surface area contributed by atoms with Crippen molar-refractivity contribution >= 4 is 40.6 Å². The molecule has 8 heteroatoms. The number of amides is 2. The average molecular weight is 415 g/mol. The van der Waals surface area contributed by atoms with E-state index in [1.54, 1.807) is 6.07 Å². The molecule has 0 bridgehead atoms. The van der Waals surface area contributed by atoms with Gasteiger partial charge in [0.05, 0.1) is 11.7 Å². The maximum atomic E-state index is 12.5. The van der Waals surface area contributed by atoms with Crippen LogP contribution < -0.4 is 16.4 Å².